The number of hydrogen-bond acceptors (Lipinski definition) is 7. The third kappa shape index (κ3) is 9.63. The first-order valence-electron chi connectivity index (χ1n) is 13.5. The summed E-state index contributed by atoms with van der Waals surface area (Å²) in [7, 11) is 0. The topological polar surface area (TPSA) is 97.8 Å². The molecule has 2 aromatic carbocycles. The van der Waals surface area contributed by atoms with E-state index in [0.717, 1.165) is 69.5 Å². The van der Waals surface area contributed by atoms with Crippen LogP contribution in [-0.2, 0) is 17.9 Å². The Labute approximate surface area is 241 Å². The Hall–Kier alpha value is -3.32. The second-order valence-corrected chi connectivity index (χ2v) is 11.0. The minimum Gasteiger partial charge on any atom is -0.475 e. The molecule has 0 radical (unpaired) electrons. The monoisotopic (exact) mass is 589 g/mol. The summed E-state index contributed by atoms with van der Waals surface area (Å²) < 4.78 is 31.7. The number of benzene rings is 2. The van der Waals surface area contributed by atoms with Crippen molar-refractivity contribution >= 4 is 28.9 Å². The van der Waals surface area contributed by atoms with Crippen molar-refractivity contribution in [3.05, 3.63) is 81.8 Å². The van der Waals surface area contributed by atoms with Crippen LogP contribution in [-0.4, -0.2) is 77.2 Å². The van der Waals surface area contributed by atoms with Crippen LogP contribution in [0.4, 0.5) is 18.9 Å². The van der Waals surface area contributed by atoms with E-state index in [1.807, 2.05) is 17.5 Å². The van der Waals surface area contributed by atoms with E-state index in [1.54, 1.807) is 11.3 Å². The van der Waals surface area contributed by atoms with Gasteiger partial charge in [0.15, 0.2) is 0 Å². The molecule has 0 saturated carbocycles. The number of nitrogens with zero attached hydrogens (tertiary/aromatic N) is 3. The molecule has 3 aromatic rings. The molecule has 2 saturated heterocycles. The average molecular weight is 590 g/mol. The van der Waals surface area contributed by atoms with Crippen LogP contribution in [0.3, 0.4) is 0 Å². The van der Waals surface area contributed by atoms with Crippen molar-refractivity contribution in [2.45, 2.75) is 38.0 Å². The van der Waals surface area contributed by atoms with Gasteiger partial charge in [-0.3, -0.25) is 14.6 Å². The van der Waals surface area contributed by atoms with Crippen molar-refractivity contribution in [1.29, 1.82) is 0 Å². The van der Waals surface area contributed by atoms with Gasteiger partial charge in [-0.1, -0.05) is 42.5 Å². The molecule has 1 unspecified atom stereocenters. The van der Waals surface area contributed by atoms with Crippen molar-refractivity contribution < 1.29 is 27.9 Å². The van der Waals surface area contributed by atoms with Crippen LogP contribution in [0.2, 0.25) is 0 Å². The van der Waals surface area contributed by atoms with Gasteiger partial charge in [0.1, 0.15) is 5.69 Å². The summed E-state index contributed by atoms with van der Waals surface area (Å²) >= 11 is 1.60. The van der Waals surface area contributed by atoms with Crippen LogP contribution in [0, 0.1) is 0 Å². The summed E-state index contributed by atoms with van der Waals surface area (Å²) in [6.45, 7) is 8.35. The van der Waals surface area contributed by atoms with Gasteiger partial charge in [-0.05, 0) is 42.6 Å². The van der Waals surface area contributed by atoms with Gasteiger partial charge in [0.05, 0.1) is 5.01 Å². The van der Waals surface area contributed by atoms with E-state index in [2.05, 4.69) is 67.9 Å². The number of carboxylic acids is 1. The largest absolute Gasteiger partial charge is 0.490 e. The molecule has 1 amide bonds. The molecule has 2 aliphatic rings. The Balaban J connectivity index is 0.000000493. The summed E-state index contributed by atoms with van der Waals surface area (Å²) in [5.74, 6) is -2.46. The van der Waals surface area contributed by atoms with Crippen molar-refractivity contribution in [3.63, 3.8) is 0 Å². The van der Waals surface area contributed by atoms with Gasteiger partial charge in [0.2, 0.25) is 0 Å². The van der Waals surface area contributed by atoms with Crippen LogP contribution in [0.5, 0.6) is 0 Å². The van der Waals surface area contributed by atoms with Gasteiger partial charge in [0, 0.05) is 62.8 Å². The van der Waals surface area contributed by atoms with Gasteiger partial charge in [-0.15, -0.1) is 11.3 Å². The number of amides is 1. The van der Waals surface area contributed by atoms with Crippen molar-refractivity contribution in [2.24, 2.45) is 0 Å². The zero-order valence-electron chi connectivity index (χ0n) is 22.6. The third-order valence-corrected chi connectivity index (χ3v) is 7.98. The highest BCUT2D eigenvalue weighted by molar-refractivity contribution is 7.10. The molecule has 0 bridgehead atoms. The fourth-order valence-corrected chi connectivity index (χ4v) is 5.67. The molecule has 5 rings (SSSR count). The maximum absolute atomic E-state index is 12.7. The van der Waals surface area contributed by atoms with Crippen LogP contribution in [0.1, 0.15) is 45.4 Å². The molecular weight excluding hydrogens is 555 g/mol. The molecule has 0 spiro atoms. The van der Waals surface area contributed by atoms with Crippen molar-refractivity contribution in [1.82, 2.24) is 20.1 Å². The Morgan fingerprint density at radius 3 is 2.10 bits per heavy atom. The van der Waals surface area contributed by atoms with Crippen molar-refractivity contribution in [3.8, 4) is 0 Å². The molecule has 3 N–H and O–H groups in total. The van der Waals surface area contributed by atoms with E-state index < -0.39 is 12.1 Å². The second-order valence-electron chi connectivity index (χ2n) is 10.1. The number of carbonyl (C=O) groups excluding carboxylic acids is 1. The summed E-state index contributed by atoms with van der Waals surface area (Å²) in [4.78, 5) is 31.2. The van der Waals surface area contributed by atoms with Gasteiger partial charge < -0.3 is 15.7 Å². The molecule has 1 atom stereocenters. The number of thiazole rings is 1. The zero-order chi connectivity index (χ0) is 29.2. The predicted molar refractivity (Wildman–Crippen MR) is 152 cm³/mol. The quantitative estimate of drug-likeness (QED) is 0.364. The number of piperidine rings is 1. The lowest BCUT2D eigenvalue weighted by Crippen LogP contribution is -2.45. The minimum absolute atomic E-state index is 0.131. The lowest BCUT2D eigenvalue weighted by molar-refractivity contribution is -0.192. The zero-order valence-corrected chi connectivity index (χ0v) is 23.4. The number of nitrogens with one attached hydrogen (secondary N) is 2. The minimum atomic E-state index is -5.08. The Morgan fingerprint density at radius 2 is 1.56 bits per heavy atom. The smallest absolute Gasteiger partial charge is 0.475 e. The molecule has 8 nitrogen and oxygen atoms in total. The van der Waals surface area contributed by atoms with Crippen LogP contribution >= 0.6 is 11.3 Å². The summed E-state index contributed by atoms with van der Waals surface area (Å²) in [5, 5.41) is 16.5. The molecule has 2 fully saturated rings. The van der Waals surface area contributed by atoms with Crippen molar-refractivity contribution in [2.75, 3.05) is 44.6 Å². The second kappa shape index (κ2) is 14.5. The molecule has 12 heteroatoms. The highest BCUT2D eigenvalue weighted by atomic mass is 32.1. The molecule has 220 valence electrons. The molecule has 41 heavy (non-hydrogen) atoms. The van der Waals surface area contributed by atoms with E-state index in [0.29, 0.717) is 11.6 Å². The van der Waals surface area contributed by atoms with E-state index in [9.17, 15) is 18.0 Å². The molecular formula is C29H34F3N5O3S. The highest BCUT2D eigenvalue weighted by Gasteiger charge is 2.38. The van der Waals surface area contributed by atoms with E-state index in [-0.39, 0.29) is 5.91 Å². The Kier molecular flexibility index (Phi) is 10.9. The standard InChI is InChI=1S/C27H33N5OS.C2HF3O2/c33-26(25-20-34-27(30-25)23-7-4-12-28-17-23)29-24-10-8-22(9-11-24)19-32-15-13-31(14-16-32)18-21-5-2-1-3-6-21;3-2(4,5)1(6)7/h1-3,5-6,8-11,20,23,28H,4,7,12-19H2,(H,29,33);(H,6,7). The average Bonchev–Trinajstić information content (AvgIpc) is 3.47. The maximum atomic E-state index is 12.7. The predicted octanol–water partition coefficient (Wildman–Crippen LogP) is 4.81. The number of aromatic nitrogens is 1. The fraction of sp³-hybridized carbons (Fsp3) is 0.414. The first-order valence-corrected chi connectivity index (χ1v) is 14.4. The van der Waals surface area contributed by atoms with Gasteiger partial charge >= 0.3 is 12.1 Å². The van der Waals surface area contributed by atoms with E-state index >= 15 is 0 Å². The van der Waals surface area contributed by atoms with Crippen LogP contribution in [0.25, 0.3) is 0 Å². The molecule has 1 aromatic heterocycles. The first-order chi connectivity index (χ1) is 19.7. The van der Waals surface area contributed by atoms with E-state index in [4.69, 9.17) is 9.90 Å². The number of aliphatic carboxylic acids is 1. The third-order valence-electron chi connectivity index (χ3n) is 6.98. The van der Waals surface area contributed by atoms with Gasteiger partial charge in [-0.25, -0.2) is 9.78 Å². The Morgan fingerprint density at radius 1 is 0.976 bits per heavy atom. The van der Waals surface area contributed by atoms with Gasteiger partial charge in [-0.2, -0.15) is 13.2 Å². The summed E-state index contributed by atoms with van der Waals surface area (Å²) in [6, 6.07) is 18.9. The lowest BCUT2D eigenvalue weighted by atomic mass is 10.0. The number of alkyl halides is 3. The SMILES string of the molecule is O=C(Nc1ccc(CN2CCN(Cc3ccccc3)CC2)cc1)c1csc(C2CCCNC2)n1.O=C(O)C(F)(F)F. The molecule has 2 aliphatic heterocycles. The number of rotatable bonds is 7. The highest BCUT2D eigenvalue weighted by Crippen LogP contribution is 2.26. The molecule has 3 heterocycles. The number of hydrogen-bond donors (Lipinski definition) is 3. The van der Waals surface area contributed by atoms with E-state index in [1.165, 1.54) is 17.5 Å². The summed E-state index contributed by atoms with van der Waals surface area (Å²) in [6.07, 6.45) is -2.77. The first kappa shape index (κ1) is 30.6. The fourth-order valence-electron chi connectivity index (χ4n) is 4.74. The van der Waals surface area contributed by atoms with Crippen LogP contribution < -0.4 is 10.6 Å². The number of carboxylic acid groups (broad SMARTS) is 1. The molecule has 0 aliphatic carbocycles. The number of anilines is 1. The summed E-state index contributed by atoms with van der Waals surface area (Å²) in [5.41, 5.74) is 3.99. The van der Waals surface area contributed by atoms with Crippen LogP contribution in [0.15, 0.2) is 60.0 Å². The van der Waals surface area contributed by atoms with Gasteiger partial charge in [0.25, 0.3) is 5.91 Å². The lowest BCUT2D eigenvalue weighted by Gasteiger charge is -2.34. The Bertz CT molecular complexity index is 1260. The maximum Gasteiger partial charge on any atom is 0.490 e. The number of halogens is 3. The normalized spacial score (nSPS) is 18.3. The number of carbonyl (C=O) groups is 2. The number of piperazine rings is 1.